The summed E-state index contributed by atoms with van der Waals surface area (Å²) in [5.74, 6) is 0. The number of imidazole rings is 1. The lowest BCUT2D eigenvalue weighted by Gasteiger charge is -2.09. The number of aromatic amines is 1. The van der Waals surface area contributed by atoms with Crippen molar-refractivity contribution in [3.8, 4) is 0 Å². The standard InChI is InChI=1S/C10H18N2O2S/c1-8(2)14-5-3-4-12-9(7-13)6-11-10(12)15/h6,8,13H,3-5,7H2,1-2H3,(H,11,15). The first kappa shape index (κ1) is 12.4. The van der Waals surface area contributed by atoms with E-state index in [4.69, 9.17) is 22.1 Å². The number of rotatable bonds is 6. The van der Waals surface area contributed by atoms with E-state index in [1.807, 2.05) is 18.4 Å². The summed E-state index contributed by atoms with van der Waals surface area (Å²) in [5.41, 5.74) is 0.824. The minimum atomic E-state index is 0.0121. The summed E-state index contributed by atoms with van der Waals surface area (Å²) >= 11 is 5.10. The molecule has 0 radical (unpaired) electrons. The van der Waals surface area contributed by atoms with Crippen LogP contribution in [-0.2, 0) is 17.9 Å². The van der Waals surface area contributed by atoms with Crippen molar-refractivity contribution in [1.82, 2.24) is 9.55 Å². The van der Waals surface area contributed by atoms with E-state index in [-0.39, 0.29) is 12.7 Å². The number of nitrogens with one attached hydrogen (secondary N) is 1. The zero-order valence-electron chi connectivity index (χ0n) is 9.19. The third kappa shape index (κ3) is 3.77. The number of nitrogens with zero attached hydrogens (tertiary/aromatic N) is 1. The Bertz CT molecular complexity index is 343. The summed E-state index contributed by atoms with van der Waals surface area (Å²) in [6.45, 7) is 5.54. The highest BCUT2D eigenvalue weighted by molar-refractivity contribution is 7.71. The quantitative estimate of drug-likeness (QED) is 0.579. The number of ether oxygens (including phenoxy) is 1. The van der Waals surface area contributed by atoms with Crippen molar-refractivity contribution in [3.05, 3.63) is 16.7 Å². The number of hydrogen-bond donors (Lipinski definition) is 2. The van der Waals surface area contributed by atoms with E-state index >= 15 is 0 Å². The molecule has 0 aliphatic carbocycles. The Morgan fingerprint density at radius 2 is 2.33 bits per heavy atom. The van der Waals surface area contributed by atoms with Gasteiger partial charge in [-0.2, -0.15) is 0 Å². The molecule has 0 aliphatic rings. The highest BCUT2D eigenvalue weighted by atomic mass is 32.1. The van der Waals surface area contributed by atoms with Gasteiger partial charge in [-0.1, -0.05) is 0 Å². The summed E-state index contributed by atoms with van der Waals surface area (Å²) in [6.07, 6.45) is 2.91. The minimum Gasteiger partial charge on any atom is -0.390 e. The normalized spacial score (nSPS) is 11.2. The molecule has 0 spiro atoms. The minimum absolute atomic E-state index is 0.0121. The zero-order valence-corrected chi connectivity index (χ0v) is 10.0. The molecular formula is C10H18N2O2S. The van der Waals surface area contributed by atoms with Crippen LogP contribution >= 0.6 is 12.2 Å². The van der Waals surface area contributed by atoms with Crippen molar-refractivity contribution in [2.24, 2.45) is 0 Å². The van der Waals surface area contributed by atoms with Crippen LogP contribution in [0.1, 0.15) is 26.0 Å². The molecule has 1 rings (SSSR count). The van der Waals surface area contributed by atoms with E-state index < -0.39 is 0 Å². The van der Waals surface area contributed by atoms with E-state index in [1.165, 1.54) is 0 Å². The molecule has 86 valence electrons. The molecule has 0 fully saturated rings. The SMILES string of the molecule is CC(C)OCCCn1c(CO)c[nH]c1=S. The molecule has 0 bridgehead atoms. The van der Waals surface area contributed by atoms with Gasteiger partial charge >= 0.3 is 0 Å². The summed E-state index contributed by atoms with van der Waals surface area (Å²) in [7, 11) is 0. The van der Waals surface area contributed by atoms with Gasteiger partial charge in [0.2, 0.25) is 0 Å². The van der Waals surface area contributed by atoms with E-state index in [0.717, 1.165) is 25.3 Å². The van der Waals surface area contributed by atoms with Gasteiger partial charge in [-0.05, 0) is 32.5 Å². The van der Waals surface area contributed by atoms with Crippen LogP contribution in [0.3, 0.4) is 0 Å². The van der Waals surface area contributed by atoms with Gasteiger partial charge in [-0.3, -0.25) is 0 Å². The molecule has 0 saturated carbocycles. The second-order valence-corrected chi connectivity index (χ2v) is 4.05. The molecule has 0 unspecified atom stereocenters. The molecule has 15 heavy (non-hydrogen) atoms. The van der Waals surface area contributed by atoms with Gasteiger partial charge < -0.3 is 19.4 Å². The van der Waals surface area contributed by atoms with Crippen LogP contribution in [0.5, 0.6) is 0 Å². The van der Waals surface area contributed by atoms with Gasteiger partial charge in [-0.25, -0.2) is 0 Å². The monoisotopic (exact) mass is 230 g/mol. The van der Waals surface area contributed by atoms with Gasteiger partial charge in [0.1, 0.15) is 0 Å². The number of aliphatic hydroxyl groups is 1. The van der Waals surface area contributed by atoms with Crippen molar-refractivity contribution < 1.29 is 9.84 Å². The topological polar surface area (TPSA) is 50.2 Å². The van der Waals surface area contributed by atoms with Crippen LogP contribution in [-0.4, -0.2) is 27.4 Å². The first-order valence-electron chi connectivity index (χ1n) is 5.14. The molecule has 5 heteroatoms. The predicted molar refractivity (Wildman–Crippen MR) is 61.2 cm³/mol. The predicted octanol–water partition coefficient (Wildman–Crippen LogP) is 1.85. The zero-order chi connectivity index (χ0) is 11.3. The molecular weight excluding hydrogens is 212 g/mol. The molecule has 1 heterocycles. The van der Waals surface area contributed by atoms with E-state index in [0.29, 0.717) is 4.77 Å². The number of aliphatic hydroxyl groups excluding tert-OH is 1. The van der Waals surface area contributed by atoms with E-state index in [9.17, 15) is 0 Å². The van der Waals surface area contributed by atoms with Crippen molar-refractivity contribution in [1.29, 1.82) is 0 Å². The molecule has 1 aromatic heterocycles. The largest absolute Gasteiger partial charge is 0.390 e. The number of H-pyrrole nitrogens is 1. The Morgan fingerprint density at radius 1 is 1.60 bits per heavy atom. The second kappa shape index (κ2) is 6.05. The first-order chi connectivity index (χ1) is 7.15. The Morgan fingerprint density at radius 3 is 2.93 bits per heavy atom. The molecule has 0 aromatic carbocycles. The number of aromatic nitrogens is 2. The number of hydrogen-bond acceptors (Lipinski definition) is 3. The van der Waals surface area contributed by atoms with Crippen LogP contribution in [0, 0.1) is 4.77 Å². The summed E-state index contributed by atoms with van der Waals surface area (Å²) in [5, 5.41) is 9.06. The smallest absolute Gasteiger partial charge is 0.177 e. The Balaban J connectivity index is 2.43. The lowest BCUT2D eigenvalue weighted by Crippen LogP contribution is -2.09. The summed E-state index contributed by atoms with van der Waals surface area (Å²) in [4.78, 5) is 2.91. The average molecular weight is 230 g/mol. The molecule has 0 atom stereocenters. The Kier molecular flexibility index (Phi) is 5.01. The summed E-state index contributed by atoms with van der Waals surface area (Å²) in [6, 6.07) is 0. The second-order valence-electron chi connectivity index (χ2n) is 3.67. The van der Waals surface area contributed by atoms with Crippen molar-refractivity contribution >= 4 is 12.2 Å². The highest BCUT2D eigenvalue weighted by Gasteiger charge is 2.02. The van der Waals surface area contributed by atoms with Crippen LogP contribution in [0.4, 0.5) is 0 Å². The van der Waals surface area contributed by atoms with Gasteiger partial charge in [0.25, 0.3) is 0 Å². The fourth-order valence-corrected chi connectivity index (χ4v) is 1.62. The maximum Gasteiger partial charge on any atom is 0.177 e. The lowest BCUT2D eigenvalue weighted by molar-refractivity contribution is 0.0745. The van der Waals surface area contributed by atoms with Gasteiger partial charge in [0.05, 0.1) is 18.4 Å². The molecule has 4 nitrogen and oxygen atoms in total. The van der Waals surface area contributed by atoms with Crippen molar-refractivity contribution in [2.45, 2.75) is 39.5 Å². The van der Waals surface area contributed by atoms with Crippen LogP contribution < -0.4 is 0 Å². The molecule has 2 N–H and O–H groups in total. The molecule has 0 saturated heterocycles. The molecule has 1 aromatic rings. The third-order valence-corrected chi connectivity index (χ3v) is 2.43. The van der Waals surface area contributed by atoms with Gasteiger partial charge in [-0.15, -0.1) is 0 Å². The fourth-order valence-electron chi connectivity index (χ4n) is 1.35. The average Bonchev–Trinajstić information content (AvgIpc) is 2.54. The fraction of sp³-hybridized carbons (Fsp3) is 0.700. The van der Waals surface area contributed by atoms with Crippen molar-refractivity contribution in [2.75, 3.05) is 6.61 Å². The highest BCUT2D eigenvalue weighted by Crippen LogP contribution is 2.03. The van der Waals surface area contributed by atoms with E-state index in [1.54, 1.807) is 6.20 Å². The maximum atomic E-state index is 9.06. The Labute approximate surface area is 94.9 Å². The van der Waals surface area contributed by atoms with Crippen LogP contribution in [0.15, 0.2) is 6.20 Å². The molecule has 0 amide bonds. The third-order valence-electron chi connectivity index (χ3n) is 2.09. The first-order valence-corrected chi connectivity index (χ1v) is 5.55. The Hall–Kier alpha value is -0.650. The van der Waals surface area contributed by atoms with Crippen LogP contribution in [0.2, 0.25) is 0 Å². The van der Waals surface area contributed by atoms with Gasteiger partial charge in [0, 0.05) is 19.3 Å². The maximum absolute atomic E-state index is 9.06. The van der Waals surface area contributed by atoms with Crippen LogP contribution in [0.25, 0.3) is 0 Å². The van der Waals surface area contributed by atoms with Gasteiger partial charge in [0.15, 0.2) is 4.77 Å². The van der Waals surface area contributed by atoms with E-state index in [2.05, 4.69) is 4.98 Å². The van der Waals surface area contributed by atoms with Crippen molar-refractivity contribution in [3.63, 3.8) is 0 Å². The molecule has 0 aliphatic heterocycles. The summed E-state index contributed by atoms with van der Waals surface area (Å²) < 4.78 is 7.99. The lowest BCUT2D eigenvalue weighted by atomic mass is 10.4.